The van der Waals surface area contributed by atoms with Crippen LogP contribution in [0.3, 0.4) is 0 Å². The molecule has 2 nitrogen and oxygen atoms in total. The van der Waals surface area contributed by atoms with Gasteiger partial charge >= 0.3 is 26.2 Å². The molecule has 0 fully saturated rings. The zero-order chi connectivity index (χ0) is 18.5. The SMILES string of the molecule is CCCCO.CCCCO.[CH2-]c1ccccc1.[CH2-]c1ccccc1.[Zr+2]. The van der Waals surface area contributed by atoms with Crippen LogP contribution in [0.1, 0.15) is 50.7 Å². The van der Waals surface area contributed by atoms with E-state index in [9.17, 15) is 0 Å². The molecule has 0 amide bonds. The molecule has 0 aliphatic rings. The van der Waals surface area contributed by atoms with E-state index in [2.05, 4.69) is 27.7 Å². The predicted octanol–water partition coefficient (Wildman–Crippen LogP) is 5.29. The quantitative estimate of drug-likeness (QED) is 0.658. The number of hydrogen-bond donors (Lipinski definition) is 2. The van der Waals surface area contributed by atoms with Crippen LogP contribution in [0.2, 0.25) is 0 Å². The smallest absolute Gasteiger partial charge is 0.396 e. The molecule has 2 N–H and O–H groups in total. The van der Waals surface area contributed by atoms with Gasteiger partial charge in [-0.05, 0) is 12.8 Å². The van der Waals surface area contributed by atoms with E-state index in [0.717, 1.165) is 36.8 Å². The maximum atomic E-state index is 8.07. The molecule has 0 atom stereocenters. The molecule has 0 unspecified atom stereocenters. The van der Waals surface area contributed by atoms with Crippen LogP contribution in [0, 0.1) is 13.8 Å². The summed E-state index contributed by atoms with van der Waals surface area (Å²) in [6.07, 6.45) is 4.08. The van der Waals surface area contributed by atoms with Crippen LogP contribution in [0.25, 0.3) is 0 Å². The van der Waals surface area contributed by atoms with Gasteiger partial charge in [-0.15, -0.1) is 24.3 Å². The number of unbranched alkanes of at least 4 members (excludes halogenated alkanes) is 2. The van der Waals surface area contributed by atoms with E-state index in [-0.39, 0.29) is 26.2 Å². The molecule has 2 aromatic rings. The Hall–Kier alpha value is -1.02. The molecule has 0 aliphatic carbocycles. The Kier molecular flexibility index (Phi) is 29.0. The third kappa shape index (κ3) is 28.1. The van der Waals surface area contributed by atoms with E-state index >= 15 is 0 Å². The van der Waals surface area contributed by atoms with E-state index in [0.29, 0.717) is 13.2 Å². The second kappa shape index (κ2) is 25.2. The number of rotatable bonds is 4. The fourth-order valence-electron chi connectivity index (χ4n) is 1.27. The fourth-order valence-corrected chi connectivity index (χ4v) is 1.27. The van der Waals surface area contributed by atoms with Crippen molar-refractivity contribution in [3.05, 3.63) is 85.6 Å². The maximum absolute atomic E-state index is 8.07. The molecule has 0 saturated carbocycles. The largest absolute Gasteiger partial charge is 2.00 e. The topological polar surface area (TPSA) is 40.5 Å². The molecular weight excluding hydrogens is 387 g/mol. The third-order valence-corrected chi connectivity index (χ3v) is 2.71. The first kappa shape index (κ1) is 28.8. The minimum absolute atomic E-state index is 0. The predicted molar refractivity (Wildman–Crippen MR) is 106 cm³/mol. The summed E-state index contributed by atoms with van der Waals surface area (Å²) < 4.78 is 0. The molecule has 0 saturated heterocycles. The fraction of sp³-hybridized carbons (Fsp3) is 0.364. The van der Waals surface area contributed by atoms with Crippen molar-refractivity contribution in [1.29, 1.82) is 0 Å². The molecule has 0 heterocycles. The first-order valence-corrected chi connectivity index (χ1v) is 8.58. The second-order valence-corrected chi connectivity index (χ2v) is 5.13. The minimum atomic E-state index is 0. The summed E-state index contributed by atoms with van der Waals surface area (Å²) in [4.78, 5) is 0. The van der Waals surface area contributed by atoms with Crippen LogP contribution in [-0.4, -0.2) is 23.4 Å². The van der Waals surface area contributed by atoms with Crippen molar-refractivity contribution in [1.82, 2.24) is 0 Å². The van der Waals surface area contributed by atoms with E-state index in [1.54, 1.807) is 0 Å². The van der Waals surface area contributed by atoms with Crippen molar-refractivity contribution in [2.24, 2.45) is 0 Å². The summed E-state index contributed by atoms with van der Waals surface area (Å²) in [7, 11) is 0. The van der Waals surface area contributed by atoms with Crippen molar-refractivity contribution in [2.45, 2.75) is 39.5 Å². The van der Waals surface area contributed by atoms with Crippen molar-refractivity contribution >= 4 is 0 Å². The van der Waals surface area contributed by atoms with Crippen molar-refractivity contribution in [3.8, 4) is 0 Å². The Bertz CT molecular complexity index is 385. The Labute approximate surface area is 174 Å². The van der Waals surface area contributed by atoms with Crippen LogP contribution >= 0.6 is 0 Å². The normalized spacial score (nSPS) is 8.16. The monoisotopic (exact) mass is 420 g/mol. The number of aliphatic hydroxyl groups is 2. The molecular formula is C22H34O2Zr. The maximum Gasteiger partial charge on any atom is 2.00 e. The zero-order valence-electron chi connectivity index (χ0n) is 15.8. The molecule has 0 aliphatic heterocycles. The van der Waals surface area contributed by atoms with E-state index in [4.69, 9.17) is 10.2 Å². The van der Waals surface area contributed by atoms with Crippen LogP contribution in [0.15, 0.2) is 60.7 Å². The van der Waals surface area contributed by atoms with Gasteiger partial charge in [-0.2, -0.15) is 49.2 Å². The standard InChI is InChI=1S/2C7H7.2C4H10O.Zr/c2*1-7-5-3-2-4-6-7;2*1-2-3-4-5;/h2*2-6H,1H2;2*5H,2-4H2,1H3;/q2*-1;;;+2. The molecule has 0 spiro atoms. The molecule has 2 rings (SSSR count). The third-order valence-electron chi connectivity index (χ3n) is 2.71. The number of benzene rings is 2. The molecule has 0 bridgehead atoms. The van der Waals surface area contributed by atoms with Gasteiger partial charge in [-0.25, -0.2) is 0 Å². The van der Waals surface area contributed by atoms with E-state index < -0.39 is 0 Å². The van der Waals surface area contributed by atoms with Crippen LogP contribution in [-0.2, 0) is 26.2 Å². The molecule has 2 aromatic carbocycles. The van der Waals surface area contributed by atoms with Gasteiger partial charge in [0, 0.05) is 13.2 Å². The number of aliphatic hydroxyl groups excluding tert-OH is 2. The summed E-state index contributed by atoms with van der Waals surface area (Å²) in [5.74, 6) is 0. The van der Waals surface area contributed by atoms with Crippen LogP contribution < -0.4 is 0 Å². The van der Waals surface area contributed by atoms with Gasteiger partial charge in [0.05, 0.1) is 0 Å². The van der Waals surface area contributed by atoms with Gasteiger partial charge in [0.25, 0.3) is 0 Å². The Morgan fingerprint density at radius 2 is 0.920 bits per heavy atom. The van der Waals surface area contributed by atoms with Gasteiger partial charge in [-0.1, -0.05) is 38.8 Å². The average Bonchev–Trinajstić information content (AvgIpc) is 2.59. The first-order valence-electron chi connectivity index (χ1n) is 8.58. The van der Waals surface area contributed by atoms with Gasteiger partial charge in [0.2, 0.25) is 0 Å². The van der Waals surface area contributed by atoms with Gasteiger partial charge in [0.15, 0.2) is 0 Å². The Balaban J connectivity index is -0.000000259. The summed E-state index contributed by atoms with van der Waals surface area (Å²) in [6, 6.07) is 19.7. The van der Waals surface area contributed by atoms with E-state index in [1.807, 2.05) is 60.7 Å². The Morgan fingerprint density at radius 3 is 1.00 bits per heavy atom. The molecule has 0 radical (unpaired) electrons. The summed E-state index contributed by atoms with van der Waals surface area (Å²) in [5, 5.41) is 16.1. The van der Waals surface area contributed by atoms with Crippen molar-refractivity contribution < 1.29 is 36.4 Å². The molecule has 0 aromatic heterocycles. The van der Waals surface area contributed by atoms with Crippen LogP contribution in [0.4, 0.5) is 0 Å². The van der Waals surface area contributed by atoms with Gasteiger partial charge < -0.3 is 10.2 Å². The molecule has 3 heteroatoms. The van der Waals surface area contributed by atoms with Gasteiger partial charge in [-0.3, -0.25) is 0 Å². The Morgan fingerprint density at radius 1 is 0.640 bits per heavy atom. The molecule has 138 valence electrons. The van der Waals surface area contributed by atoms with E-state index in [1.165, 1.54) is 0 Å². The first-order chi connectivity index (χ1) is 11.6. The van der Waals surface area contributed by atoms with Crippen molar-refractivity contribution in [2.75, 3.05) is 13.2 Å². The molecule has 25 heavy (non-hydrogen) atoms. The average molecular weight is 422 g/mol. The van der Waals surface area contributed by atoms with Crippen molar-refractivity contribution in [3.63, 3.8) is 0 Å². The summed E-state index contributed by atoms with van der Waals surface area (Å²) in [6.45, 7) is 12.2. The summed E-state index contributed by atoms with van der Waals surface area (Å²) in [5.41, 5.74) is 2.14. The van der Waals surface area contributed by atoms with Crippen LogP contribution in [0.5, 0.6) is 0 Å². The zero-order valence-corrected chi connectivity index (χ0v) is 18.3. The summed E-state index contributed by atoms with van der Waals surface area (Å²) >= 11 is 0. The second-order valence-electron chi connectivity index (χ2n) is 5.13. The minimum Gasteiger partial charge on any atom is -0.396 e. The number of hydrogen-bond acceptors (Lipinski definition) is 2. The van der Waals surface area contributed by atoms with Gasteiger partial charge in [0.1, 0.15) is 0 Å².